The van der Waals surface area contributed by atoms with Gasteiger partial charge < -0.3 is 20.3 Å². The maximum absolute atomic E-state index is 9.19. The second-order valence-corrected chi connectivity index (χ2v) is 4.36. The number of benzene rings is 1. The molecule has 1 aromatic rings. The van der Waals surface area contributed by atoms with Crippen LogP contribution in [0.1, 0.15) is 12.0 Å². The highest BCUT2D eigenvalue weighted by Crippen LogP contribution is 2.22. The lowest BCUT2D eigenvalue weighted by Gasteiger charge is -2.15. The second kappa shape index (κ2) is 6.54. The molecule has 1 aliphatic heterocycles. The number of hydrogen-bond acceptors (Lipinski definition) is 4. The van der Waals surface area contributed by atoms with Crippen LogP contribution in [-0.2, 0) is 0 Å². The Morgan fingerprint density at radius 2 is 2.06 bits per heavy atom. The highest BCUT2D eigenvalue weighted by molar-refractivity contribution is 5.67. The van der Waals surface area contributed by atoms with Crippen molar-refractivity contribution in [3.8, 4) is 5.75 Å². The summed E-state index contributed by atoms with van der Waals surface area (Å²) in [6.07, 6.45) is 2.43. The van der Waals surface area contributed by atoms with E-state index in [1.807, 2.05) is 24.3 Å². The third kappa shape index (κ3) is 3.57. The van der Waals surface area contributed by atoms with Gasteiger partial charge in [0.25, 0.3) is 0 Å². The van der Waals surface area contributed by atoms with Gasteiger partial charge in [-0.05, 0) is 36.2 Å². The average Bonchev–Trinajstić information content (AvgIpc) is 2.46. The standard InChI is InChI=1S/C14H19NO3/c16-9-13(17)10-18-14-3-1-11(2-4-14)12-5-7-15-8-6-12/h1-5,13,15-17H,6-10H2. The smallest absolute Gasteiger partial charge is 0.119 e. The van der Waals surface area contributed by atoms with Crippen LogP contribution >= 0.6 is 0 Å². The summed E-state index contributed by atoms with van der Waals surface area (Å²) in [5.41, 5.74) is 2.57. The minimum absolute atomic E-state index is 0.114. The molecule has 4 heteroatoms. The summed E-state index contributed by atoms with van der Waals surface area (Å²) in [4.78, 5) is 0. The molecule has 1 aromatic carbocycles. The molecule has 1 aliphatic rings. The molecule has 2 rings (SSSR count). The molecule has 1 atom stereocenters. The van der Waals surface area contributed by atoms with Gasteiger partial charge in [-0.25, -0.2) is 0 Å². The van der Waals surface area contributed by atoms with Gasteiger partial charge in [0.05, 0.1) is 6.61 Å². The van der Waals surface area contributed by atoms with Crippen LogP contribution in [0, 0.1) is 0 Å². The van der Waals surface area contributed by atoms with Crippen LogP contribution < -0.4 is 10.1 Å². The summed E-state index contributed by atoms with van der Waals surface area (Å²) in [7, 11) is 0. The van der Waals surface area contributed by atoms with Crippen LogP contribution in [0.25, 0.3) is 5.57 Å². The Bertz CT molecular complexity index is 400. The fourth-order valence-corrected chi connectivity index (χ4v) is 1.90. The van der Waals surface area contributed by atoms with Gasteiger partial charge in [0.2, 0.25) is 0 Å². The first-order valence-corrected chi connectivity index (χ1v) is 6.21. The topological polar surface area (TPSA) is 61.7 Å². The summed E-state index contributed by atoms with van der Waals surface area (Å²) in [5, 5.41) is 21.2. The average molecular weight is 249 g/mol. The second-order valence-electron chi connectivity index (χ2n) is 4.36. The van der Waals surface area contributed by atoms with Crippen molar-refractivity contribution in [3.63, 3.8) is 0 Å². The van der Waals surface area contributed by atoms with E-state index in [1.54, 1.807) is 0 Å². The highest BCUT2D eigenvalue weighted by atomic mass is 16.5. The Kier molecular flexibility index (Phi) is 4.75. The third-order valence-electron chi connectivity index (χ3n) is 2.94. The largest absolute Gasteiger partial charge is 0.491 e. The predicted octanol–water partition coefficient (Wildman–Crippen LogP) is 0.795. The first kappa shape index (κ1) is 13.1. The van der Waals surface area contributed by atoms with Gasteiger partial charge in [0.1, 0.15) is 18.5 Å². The molecule has 0 radical (unpaired) electrons. The first-order valence-electron chi connectivity index (χ1n) is 6.21. The Labute approximate surface area is 107 Å². The molecule has 0 saturated carbocycles. The normalized spacial score (nSPS) is 17.1. The van der Waals surface area contributed by atoms with Gasteiger partial charge in [-0.2, -0.15) is 0 Å². The molecule has 0 fully saturated rings. The van der Waals surface area contributed by atoms with E-state index < -0.39 is 6.10 Å². The fraction of sp³-hybridized carbons (Fsp3) is 0.429. The van der Waals surface area contributed by atoms with Crippen molar-refractivity contribution in [3.05, 3.63) is 35.9 Å². The summed E-state index contributed by atoms with van der Waals surface area (Å²) in [5.74, 6) is 0.709. The van der Waals surface area contributed by atoms with E-state index in [-0.39, 0.29) is 13.2 Å². The molecule has 1 unspecified atom stereocenters. The molecule has 0 aliphatic carbocycles. The Hall–Kier alpha value is -1.36. The molecule has 3 N–H and O–H groups in total. The molecule has 0 saturated heterocycles. The van der Waals surface area contributed by atoms with Crippen molar-refractivity contribution in [2.24, 2.45) is 0 Å². The maximum atomic E-state index is 9.19. The molecule has 0 amide bonds. The van der Waals surface area contributed by atoms with Gasteiger partial charge in [-0.15, -0.1) is 0 Å². The number of ether oxygens (including phenoxy) is 1. The zero-order chi connectivity index (χ0) is 12.8. The predicted molar refractivity (Wildman–Crippen MR) is 70.5 cm³/mol. The van der Waals surface area contributed by atoms with Gasteiger partial charge in [-0.3, -0.25) is 0 Å². The number of aliphatic hydroxyl groups excluding tert-OH is 2. The van der Waals surface area contributed by atoms with Crippen LogP contribution in [0.3, 0.4) is 0 Å². The fourth-order valence-electron chi connectivity index (χ4n) is 1.90. The van der Waals surface area contributed by atoms with E-state index in [0.29, 0.717) is 5.75 Å². The number of nitrogens with one attached hydrogen (secondary N) is 1. The van der Waals surface area contributed by atoms with E-state index in [1.165, 1.54) is 11.1 Å². The van der Waals surface area contributed by atoms with E-state index >= 15 is 0 Å². The summed E-state index contributed by atoms with van der Waals surface area (Å²) < 4.78 is 5.36. The molecule has 4 nitrogen and oxygen atoms in total. The van der Waals surface area contributed by atoms with Gasteiger partial charge in [0.15, 0.2) is 0 Å². The van der Waals surface area contributed by atoms with Crippen molar-refractivity contribution in [1.82, 2.24) is 5.32 Å². The van der Waals surface area contributed by atoms with Crippen LogP contribution in [0.15, 0.2) is 30.3 Å². The molecule has 1 heterocycles. The van der Waals surface area contributed by atoms with E-state index in [2.05, 4.69) is 11.4 Å². The van der Waals surface area contributed by atoms with E-state index in [0.717, 1.165) is 19.5 Å². The summed E-state index contributed by atoms with van der Waals surface area (Å²) >= 11 is 0. The number of rotatable bonds is 5. The van der Waals surface area contributed by atoms with Gasteiger partial charge in [0, 0.05) is 6.54 Å². The van der Waals surface area contributed by atoms with E-state index in [4.69, 9.17) is 9.84 Å². The van der Waals surface area contributed by atoms with Crippen LogP contribution in [-0.4, -0.2) is 42.6 Å². The molecule has 18 heavy (non-hydrogen) atoms. The van der Waals surface area contributed by atoms with Crippen LogP contribution in [0.5, 0.6) is 5.75 Å². The monoisotopic (exact) mass is 249 g/mol. The summed E-state index contributed by atoms with van der Waals surface area (Å²) in [6, 6.07) is 7.83. The zero-order valence-electron chi connectivity index (χ0n) is 10.3. The molecular weight excluding hydrogens is 230 g/mol. The van der Waals surface area contributed by atoms with Crippen LogP contribution in [0.2, 0.25) is 0 Å². The quantitative estimate of drug-likeness (QED) is 0.722. The first-order chi connectivity index (χ1) is 8.79. The minimum atomic E-state index is -0.822. The number of aliphatic hydroxyl groups is 2. The van der Waals surface area contributed by atoms with Crippen molar-refractivity contribution in [1.29, 1.82) is 0 Å². The highest BCUT2D eigenvalue weighted by Gasteiger charge is 2.06. The number of hydrogen-bond donors (Lipinski definition) is 3. The Morgan fingerprint density at radius 3 is 2.67 bits per heavy atom. The van der Waals surface area contributed by atoms with Crippen molar-refractivity contribution in [2.45, 2.75) is 12.5 Å². The lowest BCUT2D eigenvalue weighted by atomic mass is 10.0. The molecular formula is C14H19NO3. The van der Waals surface area contributed by atoms with Crippen molar-refractivity contribution < 1.29 is 14.9 Å². The minimum Gasteiger partial charge on any atom is -0.491 e. The Balaban J connectivity index is 1.95. The maximum Gasteiger partial charge on any atom is 0.119 e. The third-order valence-corrected chi connectivity index (χ3v) is 2.94. The lowest BCUT2D eigenvalue weighted by Crippen LogP contribution is -2.21. The molecule has 0 aromatic heterocycles. The zero-order valence-corrected chi connectivity index (χ0v) is 10.3. The van der Waals surface area contributed by atoms with E-state index in [9.17, 15) is 5.11 Å². The van der Waals surface area contributed by atoms with Crippen molar-refractivity contribution >= 4 is 5.57 Å². The molecule has 0 spiro atoms. The lowest BCUT2D eigenvalue weighted by molar-refractivity contribution is 0.0536. The molecule has 98 valence electrons. The van der Waals surface area contributed by atoms with Gasteiger partial charge >= 0.3 is 0 Å². The van der Waals surface area contributed by atoms with Crippen LogP contribution in [0.4, 0.5) is 0 Å². The molecule has 0 bridgehead atoms. The van der Waals surface area contributed by atoms with Gasteiger partial charge in [-0.1, -0.05) is 18.2 Å². The Morgan fingerprint density at radius 1 is 1.28 bits per heavy atom. The summed E-state index contributed by atoms with van der Waals surface area (Å²) in [6.45, 7) is 1.78. The van der Waals surface area contributed by atoms with Crippen molar-refractivity contribution in [2.75, 3.05) is 26.3 Å². The SMILES string of the molecule is OCC(O)COc1ccc(C2=CCNCC2)cc1.